The Hall–Kier alpha value is -2.00. The Bertz CT molecular complexity index is 625. The van der Waals surface area contributed by atoms with Crippen LogP contribution < -0.4 is 16.0 Å². The van der Waals surface area contributed by atoms with Gasteiger partial charge in [-0.2, -0.15) is 0 Å². The lowest BCUT2D eigenvalue weighted by Gasteiger charge is -2.35. The smallest absolute Gasteiger partial charge is 0.321 e. The third-order valence-corrected chi connectivity index (χ3v) is 5.25. The summed E-state index contributed by atoms with van der Waals surface area (Å²) in [6, 6.07) is -0.770. The molecule has 4 amide bonds. The molecule has 2 rings (SSSR count). The first-order chi connectivity index (χ1) is 11.9. The highest BCUT2D eigenvalue weighted by Gasteiger charge is 2.28. The van der Waals surface area contributed by atoms with Gasteiger partial charge in [-0.15, -0.1) is 11.3 Å². The molecule has 0 aromatic carbocycles. The van der Waals surface area contributed by atoms with E-state index in [1.165, 1.54) is 11.3 Å². The Balaban J connectivity index is 1.79. The van der Waals surface area contributed by atoms with Crippen LogP contribution in [0.15, 0.2) is 5.51 Å². The Labute approximate surface area is 151 Å². The normalized spacial score (nSPS) is 16.9. The predicted octanol–water partition coefficient (Wildman–Crippen LogP) is 0.880. The molecule has 1 aliphatic heterocycles. The fraction of sp³-hybridized carbons (Fsp3) is 0.625. The van der Waals surface area contributed by atoms with Crippen molar-refractivity contribution in [2.24, 2.45) is 0 Å². The summed E-state index contributed by atoms with van der Waals surface area (Å²) in [5.74, 6) is -0.394. The van der Waals surface area contributed by atoms with Gasteiger partial charge < -0.3 is 10.6 Å². The number of urea groups is 1. The topological polar surface area (TPSA) is 103 Å². The number of nitrogens with zero attached hydrogens (tertiary/aromatic N) is 2. The van der Waals surface area contributed by atoms with E-state index in [1.807, 2.05) is 11.8 Å². The van der Waals surface area contributed by atoms with E-state index < -0.39 is 6.03 Å². The van der Waals surface area contributed by atoms with Gasteiger partial charge in [0.1, 0.15) is 4.88 Å². The lowest BCUT2D eigenvalue weighted by Crippen LogP contribution is -2.53. The molecule has 1 aliphatic rings. The molecule has 9 heteroatoms. The van der Waals surface area contributed by atoms with Gasteiger partial charge in [-0.1, -0.05) is 0 Å². The number of hydrogen-bond donors (Lipinski definition) is 3. The third-order valence-electron chi connectivity index (χ3n) is 4.32. The molecule has 1 aromatic rings. The van der Waals surface area contributed by atoms with E-state index in [2.05, 4.69) is 20.9 Å². The number of thiazole rings is 1. The van der Waals surface area contributed by atoms with Crippen LogP contribution in [0.2, 0.25) is 0 Å². The molecule has 0 spiro atoms. The minimum Gasteiger partial charge on any atom is -0.348 e. The van der Waals surface area contributed by atoms with Gasteiger partial charge in [0.25, 0.3) is 5.91 Å². The fourth-order valence-corrected chi connectivity index (χ4v) is 3.49. The predicted molar refractivity (Wildman–Crippen MR) is 95.6 cm³/mol. The molecule has 1 atom stereocenters. The van der Waals surface area contributed by atoms with Crippen molar-refractivity contribution in [3.8, 4) is 0 Å². The van der Waals surface area contributed by atoms with Crippen LogP contribution in [0, 0.1) is 6.92 Å². The van der Waals surface area contributed by atoms with Crippen LogP contribution >= 0.6 is 11.3 Å². The lowest BCUT2D eigenvalue weighted by atomic mass is 10.0. The molecule has 0 aliphatic carbocycles. The maximum absolute atomic E-state index is 12.2. The van der Waals surface area contributed by atoms with Crippen molar-refractivity contribution in [2.75, 3.05) is 19.6 Å². The number of carbonyl (C=O) groups is 3. The average Bonchev–Trinajstić information content (AvgIpc) is 3.01. The summed E-state index contributed by atoms with van der Waals surface area (Å²) in [7, 11) is 0. The summed E-state index contributed by atoms with van der Waals surface area (Å²) in [6.07, 6.45) is 1.53. The van der Waals surface area contributed by atoms with Crippen LogP contribution in [0.3, 0.4) is 0 Å². The number of piperidine rings is 1. The van der Waals surface area contributed by atoms with E-state index in [0.717, 1.165) is 18.5 Å². The molecule has 138 valence electrons. The van der Waals surface area contributed by atoms with E-state index in [9.17, 15) is 14.4 Å². The number of carbonyl (C=O) groups excluding carboxylic acids is 3. The summed E-state index contributed by atoms with van der Waals surface area (Å²) < 4.78 is 0. The first-order valence-electron chi connectivity index (χ1n) is 8.46. The zero-order valence-corrected chi connectivity index (χ0v) is 15.6. The quantitative estimate of drug-likeness (QED) is 0.717. The highest BCUT2D eigenvalue weighted by Crippen LogP contribution is 2.16. The molecule has 3 N–H and O–H groups in total. The molecule has 8 nitrogen and oxygen atoms in total. The van der Waals surface area contributed by atoms with Crippen LogP contribution in [-0.4, -0.2) is 59.4 Å². The van der Waals surface area contributed by atoms with Gasteiger partial charge in [-0.25, -0.2) is 9.78 Å². The zero-order valence-electron chi connectivity index (χ0n) is 14.8. The van der Waals surface area contributed by atoms with Gasteiger partial charge in [-0.05, 0) is 33.6 Å². The number of aryl methyl sites for hydroxylation is 1. The standard InChI is InChI=1S/C16H25N5O3S/c1-4-17-16(24)20-14(22)11(3)21-7-5-12(6-8-21)19-15(23)13-10(2)18-9-25-13/h9,11-12H,4-8H2,1-3H3,(H,19,23)(H2,17,20,22,24)/t11-/m1/s1. The molecule has 2 heterocycles. The molecule has 25 heavy (non-hydrogen) atoms. The van der Waals surface area contributed by atoms with Crippen molar-refractivity contribution in [1.29, 1.82) is 0 Å². The highest BCUT2D eigenvalue weighted by molar-refractivity contribution is 7.11. The molecular weight excluding hydrogens is 342 g/mol. The molecule has 1 fully saturated rings. The van der Waals surface area contributed by atoms with Crippen molar-refractivity contribution < 1.29 is 14.4 Å². The summed E-state index contributed by atoms with van der Waals surface area (Å²) in [5, 5.41) is 7.92. The molecule has 0 radical (unpaired) electrons. The number of amides is 4. The van der Waals surface area contributed by atoms with Crippen LogP contribution in [0.5, 0.6) is 0 Å². The summed E-state index contributed by atoms with van der Waals surface area (Å²) >= 11 is 1.34. The molecular formula is C16H25N5O3S. The Morgan fingerprint density at radius 3 is 2.60 bits per heavy atom. The van der Waals surface area contributed by atoms with E-state index in [1.54, 1.807) is 19.4 Å². The maximum Gasteiger partial charge on any atom is 0.321 e. The van der Waals surface area contributed by atoms with Gasteiger partial charge in [0, 0.05) is 25.7 Å². The molecule has 0 unspecified atom stereocenters. The van der Waals surface area contributed by atoms with Gasteiger partial charge >= 0.3 is 6.03 Å². The van der Waals surface area contributed by atoms with Gasteiger partial charge in [0.2, 0.25) is 5.91 Å². The SMILES string of the molecule is CCNC(=O)NC(=O)[C@@H](C)N1CCC(NC(=O)c2scnc2C)CC1. The molecule has 0 saturated carbocycles. The molecule has 0 bridgehead atoms. The van der Waals surface area contributed by atoms with Crippen LogP contribution in [0.4, 0.5) is 4.79 Å². The number of imide groups is 1. The van der Waals surface area contributed by atoms with E-state index in [0.29, 0.717) is 24.5 Å². The van der Waals surface area contributed by atoms with Gasteiger partial charge in [-0.3, -0.25) is 19.8 Å². The number of aromatic nitrogens is 1. The summed E-state index contributed by atoms with van der Waals surface area (Å²) in [4.78, 5) is 42.5. The maximum atomic E-state index is 12.2. The summed E-state index contributed by atoms with van der Waals surface area (Å²) in [5.41, 5.74) is 2.41. The number of hydrogen-bond acceptors (Lipinski definition) is 6. The average molecular weight is 367 g/mol. The number of rotatable bonds is 5. The largest absolute Gasteiger partial charge is 0.348 e. The second-order valence-electron chi connectivity index (χ2n) is 6.08. The minimum absolute atomic E-state index is 0.0829. The first kappa shape index (κ1) is 19.3. The second-order valence-corrected chi connectivity index (χ2v) is 6.93. The van der Waals surface area contributed by atoms with E-state index >= 15 is 0 Å². The zero-order chi connectivity index (χ0) is 18.4. The summed E-state index contributed by atoms with van der Waals surface area (Å²) in [6.45, 7) is 7.25. The number of nitrogens with one attached hydrogen (secondary N) is 3. The van der Waals surface area contributed by atoms with Crippen molar-refractivity contribution in [1.82, 2.24) is 25.8 Å². The molecule has 1 aromatic heterocycles. The van der Waals surface area contributed by atoms with Gasteiger partial charge in [0.15, 0.2) is 0 Å². The van der Waals surface area contributed by atoms with Crippen molar-refractivity contribution in [3.63, 3.8) is 0 Å². The third kappa shape index (κ3) is 5.23. The highest BCUT2D eigenvalue weighted by atomic mass is 32.1. The Morgan fingerprint density at radius 1 is 1.36 bits per heavy atom. The Kier molecular flexibility index (Phi) is 6.89. The van der Waals surface area contributed by atoms with Crippen molar-refractivity contribution in [3.05, 3.63) is 16.1 Å². The minimum atomic E-state index is -0.471. The fourth-order valence-electron chi connectivity index (χ4n) is 2.79. The van der Waals surface area contributed by atoms with Crippen LogP contribution in [-0.2, 0) is 4.79 Å². The van der Waals surface area contributed by atoms with Gasteiger partial charge in [0.05, 0.1) is 17.2 Å². The van der Waals surface area contributed by atoms with Crippen molar-refractivity contribution in [2.45, 2.75) is 45.7 Å². The van der Waals surface area contributed by atoms with E-state index in [4.69, 9.17) is 0 Å². The monoisotopic (exact) mass is 367 g/mol. The molecule has 1 saturated heterocycles. The Morgan fingerprint density at radius 2 is 2.04 bits per heavy atom. The van der Waals surface area contributed by atoms with E-state index in [-0.39, 0.29) is 23.9 Å². The van der Waals surface area contributed by atoms with Crippen LogP contribution in [0.25, 0.3) is 0 Å². The van der Waals surface area contributed by atoms with Crippen LogP contribution in [0.1, 0.15) is 42.1 Å². The second kappa shape index (κ2) is 8.91. The first-order valence-corrected chi connectivity index (χ1v) is 9.34. The lowest BCUT2D eigenvalue weighted by molar-refractivity contribution is -0.125. The van der Waals surface area contributed by atoms with Crippen molar-refractivity contribution >= 4 is 29.2 Å². The number of likely N-dealkylation sites (tertiary alicyclic amines) is 1.